The average molecular weight is 481 g/mol. The normalized spacial score (nSPS) is 10.2. The van der Waals surface area contributed by atoms with Crippen molar-refractivity contribution in [1.29, 1.82) is 5.26 Å². The minimum Gasteiger partial charge on any atom is -0.294 e. The third-order valence-electron chi connectivity index (χ3n) is 2.96. The van der Waals surface area contributed by atoms with Gasteiger partial charge in [-0.2, -0.15) is 5.26 Å². The summed E-state index contributed by atoms with van der Waals surface area (Å²) in [5.74, 6) is 0.204. The fraction of sp³-hybridized carbons (Fsp3) is 0.467. The molecule has 0 unspecified atom stereocenters. The zero-order valence-corrected chi connectivity index (χ0v) is 15.3. The molecule has 2 nitrogen and oxygen atoms in total. The van der Waals surface area contributed by atoms with Crippen LogP contribution in [0.1, 0.15) is 61.4 Å². The van der Waals surface area contributed by atoms with Crippen molar-refractivity contribution in [2.75, 3.05) is 0 Å². The first kappa shape index (κ1) is 16.9. The lowest BCUT2D eigenvalue weighted by molar-refractivity contribution is 0.0977. The third kappa shape index (κ3) is 5.38. The molecule has 0 N–H and O–H groups in total. The van der Waals surface area contributed by atoms with Crippen LogP contribution in [0.15, 0.2) is 12.1 Å². The summed E-state index contributed by atoms with van der Waals surface area (Å²) in [6.07, 6.45) is 6.39. The first-order chi connectivity index (χ1) is 9.10. The SMILES string of the molecule is CCCCCCCC(=O)c1c(I)cc(C#N)cc1I. The average Bonchev–Trinajstić information content (AvgIpc) is 2.37. The Morgan fingerprint density at radius 2 is 1.74 bits per heavy atom. The van der Waals surface area contributed by atoms with E-state index in [0.29, 0.717) is 12.0 Å². The highest BCUT2D eigenvalue weighted by atomic mass is 127. The highest BCUT2D eigenvalue weighted by Gasteiger charge is 2.14. The summed E-state index contributed by atoms with van der Waals surface area (Å²) in [6, 6.07) is 5.69. The number of nitrogens with zero attached hydrogens (tertiary/aromatic N) is 1. The molecule has 4 heteroatoms. The zero-order valence-electron chi connectivity index (χ0n) is 11.0. The summed E-state index contributed by atoms with van der Waals surface area (Å²) in [5.41, 5.74) is 1.41. The van der Waals surface area contributed by atoms with Crippen LogP contribution in [0, 0.1) is 18.5 Å². The molecule has 0 fully saturated rings. The molecule has 0 saturated heterocycles. The number of hydrogen-bond acceptors (Lipinski definition) is 2. The van der Waals surface area contributed by atoms with Gasteiger partial charge in [0.15, 0.2) is 5.78 Å². The van der Waals surface area contributed by atoms with Crippen molar-refractivity contribution in [3.05, 3.63) is 30.4 Å². The molecule has 0 bridgehead atoms. The number of rotatable bonds is 7. The molecule has 0 aliphatic carbocycles. The summed E-state index contributed by atoms with van der Waals surface area (Å²) in [5, 5.41) is 8.90. The lowest BCUT2D eigenvalue weighted by atomic mass is 10.0. The maximum Gasteiger partial charge on any atom is 0.165 e. The number of unbranched alkanes of at least 4 members (excludes halogenated alkanes) is 4. The number of nitriles is 1. The van der Waals surface area contributed by atoms with Gasteiger partial charge in [0.2, 0.25) is 0 Å². The van der Waals surface area contributed by atoms with E-state index in [1.54, 1.807) is 12.1 Å². The number of ketones is 1. The quantitative estimate of drug-likeness (QED) is 0.301. The Morgan fingerprint density at radius 3 is 2.26 bits per heavy atom. The number of Topliss-reactive ketones (excluding diaryl/α,β-unsaturated/α-hetero) is 1. The maximum atomic E-state index is 12.2. The number of carbonyl (C=O) groups is 1. The lowest BCUT2D eigenvalue weighted by Crippen LogP contribution is -2.05. The molecule has 102 valence electrons. The second-order valence-electron chi connectivity index (χ2n) is 4.51. The minimum atomic E-state index is 0.204. The first-order valence-corrected chi connectivity index (χ1v) is 8.68. The van der Waals surface area contributed by atoms with Gasteiger partial charge in [-0.1, -0.05) is 32.6 Å². The van der Waals surface area contributed by atoms with Gasteiger partial charge in [0, 0.05) is 19.1 Å². The number of hydrogen-bond donors (Lipinski definition) is 0. The van der Waals surface area contributed by atoms with E-state index in [1.165, 1.54) is 19.3 Å². The monoisotopic (exact) mass is 481 g/mol. The Bertz CT molecular complexity index is 468. The number of halogens is 2. The van der Waals surface area contributed by atoms with Crippen molar-refractivity contribution in [1.82, 2.24) is 0 Å². The summed E-state index contributed by atoms with van der Waals surface area (Å²) < 4.78 is 1.78. The van der Waals surface area contributed by atoms with E-state index in [4.69, 9.17) is 5.26 Å². The van der Waals surface area contributed by atoms with Crippen LogP contribution in [0.5, 0.6) is 0 Å². The van der Waals surface area contributed by atoms with Gasteiger partial charge < -0.3 is 0 Å². The molecule has 0 aliphatic heterocycles. The van der Waals surface area contributed by atoms with Crippen molar-refractivity contribution >= 4 is 51.0 Å². The van der Waals surface area contributed by atoms with Crippen LogP contribution >= 0.6 is 45.2 Å². The Kier molecular flexibility index (Phi) is 7.91. The molecule has 0 aromatic heterocycles. The second kappa shape index (κ2) is 8.90. The molecular formula is C15H17I2NO. The number of benzene rings is 1. The van der Waals surface area contributed by atoms with E-state index in [0.717, 1.165) is 25.5 Å². The molecule has 1 rings (SSSR count). The summed E-state index contributed by atoms with van der Waals surface area (Å²) in [7, 11) is 0. The van der Waals surface area contributed by atoms with E-state index in [2.05, 4.69) is 58.2 Å². The molecule has 0 atom stereocenters. The van der Waals surface area contributed by atoms with E-state index < -0.39 is 0 Å². The second-order valence-corrected chi connectivity index (χ2v) is 6.84. The van der Waals surface area contributed by atoms with Crippen LogP contribution in [0.2, 0.25) is 0 Å². The summed E-state index contributed by atoms with van der Waals surface area (Å²) in [4.78, 5) is 12.2. The Morgan fingerprint density at radius 1 is 1.16 bits per heavy atom. The predicted molar refractivity (Wildman–Crippen MR) is 94.3 cm³/mol. The van der Waals surface area contributed by atoms with E-state index in [-0.39, 0.29) is 5.78 Å². The van der Waals surface area contributed by atoms with Crippen molar-refractivity contribution in [3.8, 4) is 6.07 Å². The van der Waals surface area contributed by atoms with E-state index in [1.807, 2.05) is 0 Å². The molecule has 0 amide bonds. The van der Waals surface area contributed by atoms with Crippen LogP contribution in [0.25, 0.3) is 0 Å². The minimum absolute atomic E-state index is 0.204. The summed E-state index contributed by atoms with van der Waals surface area (Å²) >= 11 is 4.30. The molecule has 0 radical (unpaired) electrons. The van der Waals surface area contributed by atoms with Gasteiger partial charge >= 0.3 is 0 Å². The molecule has 0 spiro atoms. The maximum absolute atomic E-state index is 12.2. The topological polar surface area (TPSA) is 40.9 Å². The van der Waals surface area contributed by atoms with Gasteiger partial charge in [0.1, 0.15) is 0 Å². The van der Waals surface area contributed by atoms with Crippen molar-refractivity contribution in [3.63, 3.8) is 0 Å². The van der Waals surface area contributed by atoms with Gasteiger partial charge in [-0.25, -0.2) is 0 Å². The molecule has 0 aliphatic rings. The largest absolute Gasteiger partial charge is 0.294 e. The molecule has 19 heavy (non-hydrogen) atoms. The molecule has 1 aromatic rings. The van der Waals surface area contributed by atoms with Gasteiger partial charge in [-0.15, -0.1) is 0 Å². The highest BCUT2D eigenvalue weighted by Crippen LogP contribution is 2.23. The molecule has 0 saturated carbocycles. The summed E-state index contributed by atoms with van der Waals surface area (Å²) in [6.45, 7) is 2.19. The first-order valence-electron chi connectivity index (χ1n) is 6.52. The van der Waals surface area contributed by atoms with Gasteiger partial charge in [-0.05, 0) is 63.7 Å². The molecular weight excluding hydrogens is 464 g/mol. The third-order valence-corrected chi connectivity index (χ3v) is 4.66. The highest BCUT2D eigenvalue weighted by molar-refractivity contribution is 14.1. The van der Waals surface area contributed by atoms with Crippen LogP contribution in [0.4, 0.5) is 0 Å². The van der Waals surface area contributed by atoms with Gasteiger partial charge in [0.05, 0.1) is 11.6 Å². The van der Waals surface area contributed by atoms with Crippen molar-refractivity contribution in [2.24, 2.45) is 0 Å². The van der Waals surface area contributed by atoms with Crippen molar-refractivity contribution < 1.29 is 4.79 Å². The van der Waals surface area contributed by atoms with E-state index >= 15 is 0 Å². The Balaban J connectivity index is 2.65. The smallest absolute Gasteiger partial charge is 0.165 e. The van der Waals surface area contributed by atoms with Crippen LogP contribution < -0.4 is 0 Å². The van der Waals surface area contributed by atoms with Crippen LogP contribution in [-0.2, 0) is 0 Å². The van der Waals surface area contributed by atoms with E-state index in [9.17, 15) is 4.79 Å². The zero-order chi connectivity index (χ0) is 14.3. The standard InChI is InChI=1S/C15H17I2NO/c1-2-3-4-5-6-7-14(19)15-12(16)8-11(10-18)9-13(15)17/h8-9H,2-7H2,1H3. The van der Waals surface area contributed by atoms with Gasteiger partial charge in [-0.3, -0.25) is 4.79 Å². The fourth-order valence-corrected chi connectivity index (χ4v) is 4.29. The molecule has 1 aromatic carbocycles. The lowest BCUT2D eigenvalue weighted by Gasteiger charge is -2.07. The van der Waals surface area contributed by atoms with Crippen molar-refractivity contribution in [2.45, 2.75) is 45.4 Å². The Hall–Kier alpha value is -0.160. The van der Waals surface area contributed by atoms with Crippen LogP contribution in [0.3, 0.4) is 0 Å². The fourth-order valence-electron chi connectivity index (χ4n) is 1.92. The van der Waals surface area contributed by atoms with Gasteiger partial charge in [0.25, 0.3) is 0 Å². The number of carbonyl (C=O) groups excluding carboxylic acids is 1. The Labute approximate surface area is 142 Å². The molecule has 0 heterocycles. The predicted octanol–water partition coefficient (Wildman–Crippen LogP) is 5.31. The van der Waals surface area contributed by atoms with Crippen LogP contribution in [-0.4, -0.2) is 5.78 Å².